The highest BCUT2D eigenvalue weighted by atomic mass is 19.1. The molecule has 1 N–H and O–H groups in total. The fraction of sp³-hybridized carbons (Fsp3) is 0.450. The Hall–Kier alpha value is -2.90. The molecule has 7 nitrogen and oxygen atoms in total. The summed E-state index contributed by atoms with van der Waals surface area (Å²) >= 11 is 0. The SMILES string of the molecule is Cc1c(F)cccc1NC(=O)N1CCN(c2cc(N3CCCC3)ncn2)CC1. The lowest BCUT2D eigenvalue weighted by Crippen LogP contribution is -2.50. The Bertz CT molecular complexity index is 846. The van der Waals surface area contributed by atoms with Crippen LogP contribution >= 0.6 is 0 Å². The van der Waals surface area contributed by atoms with Crippen molar-refractivity contribution in [1.29, 1.82) is 0 Å². The van der Waals surface area contributed by atoms with Crippen LogP contribution < -0.4 is 15.1 Å². The third-order valence-electron chi connectivity index (χ3n) is 5.47. The summed E-state index contributed by atoms with van der Waals surface area (Å²) in [4.78, 5) is 27.6. The van der Waals surface area contributed by atoms with E-state index in [9.17, 15) is 9.18 Å². The van der Waals surface area contributed by atoms with Gasteiger partial charge in [0.15, 0.2) is 0 Å². The first-order chi connectivity index (χ1) is 13.6. The maximum atomic E-state index is 13.7. The summed E-state index contributed by atoms with van der Waals surface area (Å²) in [5.74, 6) is 1.56. The second-order valence-corrected chi connectivity index (χ2v) is 7.25. The number of benzene rings is 1. The maximum Gasteiger partial charge on any atom is 0.321 e. The molecule has 2 amide bonds. The van der Waals surface area contributed by atoms with E-state index >= 15 is 0 Å². The Morgan fingerprint density at radius 3 is 2.32 bits per heavy atom. The van der Waals surface area contributed by atoms with Gasteiger partial charge in [0.25, 0.3) is 0 Å². The molecule has 0 saturated carbocycles. The van der Waals surface area contributed by atoms with E-state index in [1.165, 1.54) is 18.9 Å². The smallest absolute Gasteiger partial charge is 0.321 e. The Balaban J connectivity index is 1.36. The van der Waals surface area contributed by atoms with Gasteiger partial charge in [0.2, 0.25) is 0 Å². The third-order valence-corrected chi connectivity index (χ3v) is 5.47. The first-order valence-electron chi connectivity index (χ1n) is 9.75. The van der Waals surface area contributed by atoms with Crippen LogP contribution in [0.15, 0.2) is 30.6 Å². The van der Waals surface area contributed by atoms with Crippen LogP contribution in [0.1, 0.15) is 18.4 Å². The third kappa shape index (κ3) is 3.85. The van der Waals surface area contributed by atoms with Crippen LogP contribution in [-0.2, 0) is 0 Å². The van der Waals surface area contributed by atoms with Crippen molar-refractivity contribution in [3.8, 4) is 0 Å². The number of carbonyl (C=O) groups is 1. The number of urea groups is 1. The van der Waals surface area contributed by atoms with Crippen molar-refractivity contribution in [2.24, 2.45) is 0 Å². The molecule has 0 aliphatic carbocycles. The Kier molecular flexibility index (Phi) is 5.27. The molecule has 1 aromatic carbocycles. The van der Waals surface area contributed by atoms with Gasteiger partial charge in [-0.15, -0.1) is 0 Å². The van der Waals surface area contributed by atoms with Crippen LogP contribution in [-0.4, -0.2) is 60.2 Å². The van der Waals surface area contributed by atoms with Crippen LogP contribution in [0.4, 0.5) is 26.5 Å². The van der Waals surface area contributed by atoms with E-state index < -0.39 is 0 Å². The van der Waals surface area contributed by atoms with Crippen molar-refractivity contribution < 1.29 is 9.18 Å². The number of amides is 2. The molecule has 0 atom stereocenters. The quantitative estimate of drug-likeness (QED) is 0.882. The summed E-state index contributed by atoms with van der Waals surface area (Å²) in [6, 6.07) is 6.55. The number of halogens is 1. The molecule has 2 saturated heterocycles. The van der Waals surface area contributed by atoms with Gasteiger partial charge in [-0.1, -0.05) is 6.07 Å². The number of nitrogens with one attached hydrogen (secondary N) is 1. The Morgan fingerprint density at radius 1 is 1.00 bits per heavy atom. The van der Waals surface area contributed by atoms with Crippen LogP contribution in [0.2, 0.25) is 0 Å². The van der Waals surface area contributed by atoms with E-state index in [0.29, 0.717) is 37.4 Å². The topological polar surface area (TPSA) is 64.6 Å². The van der Waals surface area contributed by atoms with Crippen LogP contribution in [0.3, 0.4) is 0 Å². The van der Waals surface area contributed by atoms with Gasteiger partial charge in [0.05, 0.1) is 0 Å². The summed E-state index contributed by atoms with van der Waals surface area (Å²) in [7, 11) is 0. The molecule has 148 valence electrons. The lowest BCUT2D eigenvalue weighted by molar-refractivity contribution is 0.208. The summed E-state index contributed by atoms with van der Waals surface area (Å²) < 4.78 is 13.7. The minimum atomic E-state index is -0.319. The average molecular weight is 384 g/mol. The number of piperazine rings is 1. The van der Waals surface area contributed by atoms with Gasteiger partial charge in [-0.05, 0) is 31.9 Å². The largest absolute Gasteiger partial charge is 0.356 e. The van der Waals surface area contributed by atoms with Gasteiger partial charge in [-0.3, -0.25) is 0 Å². The molecule has 0 spiro atoms. The molecule has 0 radical (unpaired) electrons. The molecule has 0 unspecified atom stereocenters. The Morgan fingerprint density at radius 2 is 1.64 bits per heavy atom. The van der Waals surface area contributed by atoms with E-state index in [-0.39, 0.29) is 11.8 Å². The molecular weight excluding hydrogens is 359 g/mol. The highest BCUT2D eigenvalue weighted by Crippen LogP contribution is 2.23. The number of carbonyl (C=O) groups excluding carboxylic acids is 1. The molecule has 2 aliphatic rings. The molecular formula is C20H25FN6O. The van der Waals surface area contributed by atoms with Gasteiger partial charge in [0, 0.05) is 56.6 Å². The van der Waals surface area contributed by atoms with Gasteiger partial charge >= 0.3 is 6.03 Å². The molecule has 2 aliphatic heterocycles. The maximum absolute atomic E-state index is 13.7. The first-order valence-corrected chi connectivity index (χ1v) is 9.75. The number of rotatable bonds is 3. The molecule has 8 heteroatoms. The number of aromatic nitrogens is 2. The first kappa shape index (κ1) is 18.5. The number of anilines is 3. The van der Waals surface area contributed by atoms with E-state index in [0.717, 1.165) is 24.7 Å². The predicted molar refractivity (Wildman–Crippen MR) is 107 cm³/mol. The highest BCUT2D eigenvalue weighted by Gasteiger charge is 2.23. The second kappa shape index (κ2) is 8.00. The molecule has 0 bridgehead atoms. The molecule has 1 aromatic heterocycles. The van der Waals surface area contributed by atoms with Crippen LogP contribution in [0.5, 0.6) is 0 Å². The number of hydrogen-bond donors (Lipinski definition) is 1. The van der Waals surface area contributed by atoms with E-state index in [2.05, 4.69) is 25.1 Å². The molecule has 3 heterocycles. The summed E-state index contributed by atoms with van der Waals surface area (Å²) in [6.45, 7) is 6.33. The van der Waals surface area contributed by atoms with Crippen molar-refractivity contribution >= 4 is 23.4 Å². The lowest BCUT2D eigenvalue weighted by atomic mass is 10.2. The monoisotopic (exact) mass is 384 g/mol. The zero-order chi connectivity index (χ0) is 19.5. The van der Waals surface area contributed by atoms with Gasteiger partial charge in [-0.25, -0.2) is 19.2 Å². The predicted octanol–water partition coefficient (Wildman–Crippen LogP) is 2.88. The van der Waals surface area contributed by atoms with Gasteiger partial charge in [-0.2, -0.15) is 0 Å². The zero-order valence-corrected chi connectivity index (χ0v) is 16.1. The average Bonchev–Trinajstić information content (AvgIpc) is 3.27. The number of hydrogen-bond acceptors (Lipinski definition) is 5. The summed E-state index contributed by atoms with van der Waals surface area (Å²) in [6.07, 6.45) is 4.03. The van der Waals surface area contributed by atoms with Crippen LogP contribution in [0.25, 0.3) is 0 Å². The Labute approximate surface area is 164 Å². The van der Waals surface area contributed by atoms with Crippen molar-refractivity contribution in [3.63, 3.8) is 0 Å². The van der Waals surface area contributed by atoms with E-state index in [1.54, 1.807) is 30.3 Å². The molecule has 2 aromatic rings. The van der Waals surface area contributed by atoms with Crippen LogP contribution in [0, 0.1) is 12.7 Å². The zero-order valence-electron chi connectivity index (χ0n) is 16.1. The number of nitrogens with zero attached hydrogens (tertiary/aromatic N) is 5. The van der Waals surface area contributed by atoms with Crippen molar-refractivity contribution in [1.82, 2.24) is 14.9 Å². The highest BCUT2D eigenvalue weighted by molar-refractivity contribution is 5.90. The van der Waals surface area contributed by atoms with E-state index in [4.69, 9.17) is 0 Å². The summed E-state index contributed by atoms with van der Waals surface area (Å²) in [5.41, 5.74) is 0.961. The van der Waals surface area contributed by atoms with Crippen molar-refractivity contribution in [2.75, 3.05) is 54.4 Å². The standard InChI is InChI=1S/C20H25FN6O/c1-15-16(21)5-4-6-17(15)24-20(28)27-11-9-26(10-12-27)19-13-18(22-14-23-19)25-7-2-3-8-25/h4-6,13-14H,2-3,7-12H2,1H3,(H,24,28). The van der Waals surface area contributed by atoms with Gasteiger partial charge < -0.3 is 20.0 Å². The lowest BCUT2D eigenvalue weighted by Gasteiger charge is -2.35. The van der Waals surface area contributed by atoms with Gasteiger partial charge in [0.1, 0.15) is 23.8 Å². The minimum Gasteiger partial charge on any atom is -0.356 e. The minimum absolute atomic E-state index is 0.200. The molecule has 2 fully saturated rings. The van der Waals surface area contributed by atoms with Crippen molar-refractivity contribution in [3.05, 3.63) is 42.0 Å². The molecule has 28 heavy (non-hydrogen) atoms. The molecule has 4 rings (SSSR count). The fourth-order valence-corrected chi connectivity index (χ4v) is 3.71. The fourth-order valence-electron chi connectivity index (χ4n) is 3.71. The summed E-state index contributed by atoms with van der Waals surface area (Å²) in [5, 5.41) is 2.82. The van der Waals surface area contributed by atoms with E-state index in [1.807, 2.05) is 6.07 Å². The second-order valence-electron chi connectivity index (χ2n) is 7.25. The van der Waals surface area contributed by atoms with Crippen molar-refractivity contribution in [2.45, 2.75) is 19.8 Å². The normalized spacial score (nSPS) is 17.1.